The zero-order chi connectivity index (χ0) is 12.2. The summed E-state index contributed by atoms with van der Waals surface area (Å²) < 4.78 is 5.62. The van der Waals surface area contributed by atoms with Gasteiger partial charge in [-0.3, -0.25) is 4.79 Å². The Morgan fingerprint density at radius 2 is 1.94 bits per heavy atom. The van der Waals surface area contributed by atoms with E-state index in [9.17, 15) is 9.90 Å². The Morgan fingerprint density at radius 1 is 1.38 bits per heavy atom. The summed E-state index contributed by atoms with van der Waals surface area (Å²) in [7, 11) is 0. The first-order valence-corrected chi connectivity index (χ1v) is 6.01. The van der Waals surface area contributed by atoms with Crippen LogP contribution in [0.1, 0.15) is 46.0 Å². The van der Waals surface area contributed by atoms with Gasteiger partial charge in [0.2, 0.25) is 0 Å². The van der Waals surface area contributed by atoms with Crippen LogP contribution < -0.4 is 0 Å². The van der Waals surface area contributed by atoms with Crippen LogP contribution in [0, 0.1) is 5.92 Å². The quantitative estimate of drug-likeness (QED) is 0.756. The van der Waals surface area contributed by atoms with Crippen LogP contribution in [-0.2, 0) is 9.53 Å². The largest absolute Gasteiger partial charge is 0.481 e. The highest BCUT2D eigenvalue weighted by atomic mass is 16.5. The highest BCUT2D eigenvalue weighted by Gasteiger charge is 2.28. The minimum Gasteiger partial charge on any atom is -0.481 e. The minimum atomic E-state index is -0.760. The number of carbonyl (C=O) groups is 1. The molecule has 0 radical (unpaired) electrons. The van der Waals surface area contributed by atoms with E-state index in [2.05, 4.69) is 0 Å². The molecule has 16 heavy (non-hydrogen) atoms. The van der Waals surface area contributed by atoms with Gasteiger partial charge >= 0.3 is 5.97 Å². The molecule has 0 bridgehead atoms. The molecule has 0 saturated heterocycles. The zero-order valence-electron chi connectivity index (χ0n) is 10.1. The summed E-state index contributed by atoms with van der Waals surface area (Å²) in [5, 5.41) is 18.6. The first-order valence-electron chi connectivity index (χ1n) is 6.01. The van der Waals surface area contributed by atoms with Crippen molar-refractivity contribution >= 4 is 5.97 Å². The Morgan fingerprint density at radius 3 is 2.38 bits per heavy atom. The molecule has 0 aliphatic heterocycles. The molecule has 1 aliphatic carbocycles. The van der Waals surface area contributed by atoms with Crippen molar-refractivity contribution in [2.24, 2.45) is 5.92 Å². The van der Waals surface area contributed by atoms with Crippen molar-refractivity contribution < 1.29 is 19.7 Å². The van der Waals surface area contributed by atoms with Crippen molar-refractivity contribution in [2.75, 3.05) is 6.61 Å². The minimum absolute atomic E-state index is 0.119. The van der Waals surface area contributed by atoms with Crippen LogP contribution in [0.5, 0.6) is 0 Å². The number of hydrogen-bond donors (Lipinski definition) is 2. The van der Waals surface area contributed by atoms with Crippen LogP contribution >= 0.6 is 0 Å². The fraction of sp³-hybridized carbons (Fsp3) is 0.917. The second kappa shape index (κ2) is 5.64. The van der Waals surface area contributed by atoms with E-state index in [4.69, 9.17) is 9.84 Å². The first-order chi connectivity index (χ1) is 7.44. The average Bonchev–Trinajstić information content (AvgIpc) is 2.27. The van der Waals surface area contributed by atoms with Gasteiger partial charge in [-0.15, -0.1) is 0 Å². The molecule has 0 amide bonds. The molecule has 4 heteroatoms. The third-order valence-electron chi connectivity index (χ3n) is 3.42. The van der Waals surface area contributed by atoms with Crippen molar-refractivity contribution in [2.45, 2.75) is 57.7 Å². The van der Waals surface area contributed by atoms with Crippen LogP contribution in [0.3, 0.4) is 0 Å². The Labute approximate surface area is 96.6 Å². The molecule has 1 rings (SSSR count). The second-order valence-corrected chi connectivity index (χ2v) is 4.97. The van der Waals surface area contributed by atoms with Gasteiger partial charge in [0.05, 0.1) is 24.2 Å². The normalized spacial score (nSPS) is 29.7. The van der Waals surface area contributed by atoms with Crippen molar-refractivity contribution in [3.8, 4) is 0 Å². The number of hydrogen-bond acceptors (Lipinski definition) is 3. The van der Waals surface area contributed by atoms with Gasteiger partial charge in [0.1, 0.15) is 0 Å². The Balaban J connectivity index is 2.25. The predicted molar refractivity (Wildman–Crippen MR) is 60.2 cm³/mol. The van der Waals surface area contributed by atoms with E-state index in [0.29, 0.717) is 25.9 Å². The molecule has 0 aromatic carbocycles. The topological polar surface area (TPSA) is 66.8 Å². The maximum atomic E-state index is 10.7. The molecular formula is C12H22O4. The summed E-state index contributed by atoms with van der Waals surface area (Å²) in [6.45, 7) is 4.02. The maximum absolute atomic E-state index is 10.7. The SMILES string of the molecule is CCC(C)(O)COC1CCC(C(=O)O)CC1. The zero-order valence-corrected chi connectivity index (χ0v) is 10.1. The number of rotatable bonds is 5. The van der Waals surface area contributed by atoms with Gasteiger partial charge in [-0.05, 0) is 39.0 Å². The van der Waals surface area contributed by atoms with Gasteiger partial charge < -0.3 is 14.9 Å². The van der Waals surface area contributed by atoms with Gasteiger partial charge in [0.25, 0.3) is 0 Å². The maximum Gasteiger partial charge on any atom is 0.306 e. The average molecular weight is 230 g/mol. The van der Waals surface area contributed by atoms with Crippen molar-refractivity contribution in [3.63, 3.8) is 0 Å². The lowest BCUT2D eigenvalue weighted by atomic mass is 9.87. The standard InChI is InChI=1S/C12H22O4/c1-3-12(2,15)8-16-10-6-4-9(5-7-10)11(13)14/h9-10,15H,3-8H2,1-2H3,(H,13,14). The molecule has 1 atom stereocenters. The monoisotopic (exact) mass is 230 g/mol. The lowest BCUT2D eigenvalue weighted by Gasteiger charge is -2.29. The molecule has 0 spiro atoms. The Hall–Kier alpha value is -0.610. The number of carboxylic acids is 1. The molecule has 0 aromatic rings. The number of ether oxygens (including phenoxy) is 1. The molecule has 1 aliphatic rings. The predicted octanol–water partition coefficient (Wildman–Crippen LogP) is 1.81. The molecule has 1 fully saturated rings. The van der Waals surface area contributed by atoms with Crippen LogP contribution in [0.15, 0.2) is 0 Å². The molecule has 94 valence electrons. The number of carboxylic acid groups (broad SMARTS) is 1. The van der Waals surface area contributed by atoms with E-state index in [0.717, 1.165) is 12.8 Å². The van der Waals surface area contributed by atoms with Gasteiger partial charge in [0, 0.05) is 0 Å². The van der Waals surface area contributed by atoms with Crippen molar-refractivity contribution in [3.05, 3.63) is 0 Å². The smallest absolute Gasteiger partial charge is 0.306 e. The lowest BCUT2D eigenvalue weighted by Crippen LogP contribution is -2.34. The second-order valence-electron chi connectivity index (χ2n) is 4.97. The van der Waals surface area contributed by atoms with E-state index >= 15 is 0 Å². The highest BCUT2D eigenvalue weighted by molar-refractivity contribution is 5.70. The number of aliphatic carboxylic acids is 1. The molecule has 0 aromatic heterocycles. The van der Waals surface area contributed by atoms with Crippen molar-refractivity contribution in [1.82, 2.24) is 0 Å². The van der Waals surface area contributed by atoms with Crippen LogP contribution in [0.25, 0.3) is 0 Å². The fourth-order valence-electron chi connectivity index (χ4n) is 1.88. The van der Waals surface area contributed by atoms with Gasteiger partial charge in [-0.25, -0.2) is 0 Å². The third-order valence-corrected chi connectivity index (χ3v) is 3.42. The summed E-state index contributed by atoms with van der Waals surface area (Å²) in [6, 6.07) is 0. The van der Waals surface area contributed by atoms with Crippen LogP contribution in [0.2, 0.25) is 0 Å². The van der Waals surface area contributed by atoms with Gasteiger partial charge in [0.15, 0.2) is 0 Å². The van der Waals surface area contributed by atoms with Crippen LogP contribution in [-0.4, -0.2) is 34.5 Å². The van der Waals surface area contributed by atoms with E-state index < -0.39 is 11.6 Å². The Kier molecular flexibility index (Phi) is 4.74. The molecule has 2 N–H and O–H groups in total. The van der Waals surface area contributed by atoms with E-state index in [1.54, 1.807) is 6.92 Å². The third kappa shape index (κ3) is 4.10. The molecule has 4 nitrogen and oxygen atoms in total. The van der Waals surface area contributed by atoms with Gasteiger partial charge in [-0.2, -0.15) is 0 Å². The molecule has 1 saturated carbocycles. The molecule has 1 unspecified atom stereocenters. The fourth-order valence-corrected chi connectivity index (χ4v) is 1.88. The molecular weight excluding hydrogens is 208 g/mol. The first kappa shape index (κ1) is 13.5. The summed E-state index contributed by atoms with van der Waals surface area (Å²) in [5.74, 6) is -0.898. The number of aliphatic hydroxyl groups is 1. The van der Waals surface area contributed by atoms with E-state index in [1.807, 2.05) is 6.92 Å². The summed E-state index contributed by atoms with van der Waals surface area (Å²) >= 11 is 0. The summed E-state index contributed by atoms with van der Waals surface area (Å²) in [4.78, 5) is 10.7. The lowest BCUT2D eigenvalue weighted by molar-refractivity contribution is -0.144. The summed E-state index contributed by atoms with van der Waals surface area (Å²) in [6.07, 6.45) is 3.74. The van der Waals surface area contributed by atoms with Crippen LogP contribution in [0.4, 0.5) is 0 Å². The van der Waals surface area contributed by atoms with E-state index in [1.165, 1.54) is 0 Å². The molecule has 0 heterocycles. The highest BCUT2D eigenvalue weighted by Crippen LogP contribution is 2.27. The van der Waals surface area contributed by atoms with Gasteiger partial charge in [-0.1, -0.05) is 6.92 Å². The van der Waals surface area contributed by atoms with Crippen molar-refractivity contribution in [1.29, 1.82) is 0 Å². The summed E-state index contributed by atoms with van der Waals surface area (Å²) in [5.41, 5.74) is -0.760. The Bertz CT molecular complexity index is 229. The van der Waals surface area contributed by atoms with E-state index in [-0.39, 0.29) is 12.0 Å².